The molecule has 3 aromatic rings. The second-order valence-corrected chi connectivity index (χ2v) is 12.7. The predicted molar refractivity (Wildman–Crippen MR) is 142 cm³/mol. The van der Waals surface area contributed by atoms with Crippen LogP contribution in [-0.4, -0.2) is 20.7 Å². The topological polar surface area (TPSA) is 109 Å². The highest BCUT2D eigenvalue weighted by atomic mass is 32.2. The van der Waals surface area contributed by atoms with E-state index in [0.717, 1.165) is 72.2 Å². The Morgan fingerprint density at radius 1 is 1.16 bits per heavy atom. The van der Waals surface area contributed by atoms with Crippen molar-refractivity contribution in [2.45, 2.75) is 62.0 Å². The van der Waals surface area contributed by atoms with Crippen molar-refractivity contribution in [3.05, 3.63) is 81.5 Å². The first-order valence-electron chi connectivity index (χ1n) is 12.6. The van der Waals surface area contributed by atoms with Gasteiger partial charge >= 0.3 is 0 Å². The SMILES string of the molecule is N#Cc1c(NC2(Cc3ccc(S(N)(=O)=O)cc3)CO2)sc2c1CCC(CCCc1cccc(F)c1)CC2. The Hall–Kier alpha value is -2.77. The summed E-state index contributed by atoms with van der Waals surface area (Å²) in [7, 11) is -3.73. The molecule has 5 rings (SSSR count). The molecule has 194 valence electrons. The summed E-state index contributed by atoms with van der Waals surface area (Å²) in [6.45, 7) is 0.519. The molecule has 37 heavy (non-hydrogen) atoms. The molecule has 2 heterocycles. The van der Waals surface area contributed by atoms with Gasteiger partial charge in [-0.05, 0) is 85.4 Å². The number of anilines is 1. The molecular weight excluding hydrogens is 509 g/mol. The number of rotatable bonds is 9. The number of sulfonamides is 1. The molecule has 1 saturated heterocycles. The molecule has 2 aromatic carbocycles. The van der Waals surface area contributed by atoms with Gasteiger partial charge in [0.25, 0.3) is 0 Å². The van der Waals surface area contributed by atoms with Crippen LogP contribution in [0, 0.1) is 23.1 Å². The lowest BCUT2D eigenvalue weighted by Gasteiger charge is -2.16. The van der Waals surface area contributed by atoms with Crippen molar-refractivity contribution in [1.82, 2.24) is 0 Å². The first kappa shape index (κ1) is 25.9. The summed E-state index contributed by atoms with van der Waals surface area (Å²) in [5, 5.41) is 19.5. The lowest BCUT2D eigenvalue weighted by atomic mass is 9.92. The molecule has 0 amide bonds. The van der Waals surface area contributed by atoms with Crippen molar-refractivity contribution >= 4 is 26.4 Å². The number of nitrogens with one attached hydrogen (secondary N) is 1. The van der Waals surface area contributed by atoms with Crippen LogP contribution >= 0.6 is 11.3 Å². The molecule has 0 bridgehead atoms. The van der Waals surface area contributed by atoms with Gasteiger partial charge in [0.05, 0.1) is 17.1 Å². The van der Waals surface area contributed by atoms with Crippen LogP contribution in [-0.2, 0) is 40.4 Å². The number of epoxide rings is 1. The zero-order valence-corrected chi connectivity index (χ0v) is 22.1. The van der Waals surface area contributed by atoms with E-state index >= 15 is 0 Å². The molecule has 0 radical (unpaired) electrons. The fourth-order valence-electron chi connectivity index (χ4n) is 5.23. The molecule has 1 aromatic heterocycles. The smallest absolute Gasteiger partial charge is 0.238 e. The molecule has 2 unspecified atom stereocenters. The van der Waals surface area contributed by atoms with E-state index in [0.29, 0.717) is 18.9 Å². The van der Waals surface area contributed by atoms with E-state index < -0.39 is 15.7 Å². The van der Waals surface area contributed by atoms with Crippen molar-refractivity contribution in [2.75, 3.05) is 11.9 Å². The van der Waals surface area contributed by atoms with E-state index in [4.69, 9.17) is 9.88 Å². The predicted octanol–water partition coefficient (Wildman–Crippen LogP) is 5.31. The molecule has 9 heteroatoms. The lowest BCUT2D eigenvalue weighted by Crippen LogP contribution is -2.26. The Bertz CT molecular complexity index is 1420. The van der Waals surface area contributed by atoms with Gasteiger partial charge < -0.3 is 10.1 Å². The van der Waals surface area contributed by atoms with Gasteiger partial charge in [0.15, 0.2) is 5.72 Å². The van der Waals surface area contributed by atoms with Crippen LogP contribution in [0.2, 0.25) is 0 Å². The third-order valence-corrected chi connectivity index (χ3v) is 9.46. The molecule has 6 nitrogen and oxygen atoms in total. The largest absolute Gasteiger partial charge is 0.348 e. The van der Waals surface area contributed by atoms with Gasteiger partial charge in [-0.15, -0.1) is 11.3 Å². The molecule has 1 aliphatic heterocycles. The molecule has 2 atom stereocenters. The Morgan fingerprint density at radius 2 is 1.92 bits per heavy atom. The molecule has 1 aliphatic carbocycles. The fourth-order valence-corrected chi connectivity index (χ4v) is 7.05. The summed E-state index contributed by atoms with van der Waals surface area (Å²) in [4.78, 5) is 1.36. The van der Waals surface area contributed by atoms with E-state index in [1.165, 1.54) is 23.1 Å². The molecular formula is C28H30FN3O3S2. The standard InChI is InChI=1S/C28H30FN3O3S2/c29-22-6-2-5-20(15-22)4-1-3-19-9-13-24-25(17-30)27(36-26(24)14-10-19)32-28(18-35-28)16-21-7-11-23(12-8-21)37(31,33)34/h2,5-8,11-12,15,19,32H,1,3-4,9-10,13-14,16,18H2,(H2,31,33,34). The van der Waals surface area contributed by atoms with E-state index in [-0.39, 0.29) is 10.7 Å². The van der Waals surface area contributed by atoms with Crippen LogP contribution in [0.15, 0.2) is 53.4 Å². The third kappa shape index (κ3) is 6.21. The summed E-state index contributed by atoms with van der Waals surface area (Å²) >= 11 is 1.66. The summed E-state index contributed by atoms with van der Waals surface area (Å²) in [6, 6.07) is 15.8. The van der Waals surface area contributed by atoms with Crippen LogP contribution in [0.25, 0.3) is 0 Å². The number of ether oxygens (including phenoxy) is 1. The number of nitriles is 1. The second kappa shape index (κ2) is 10.5. The van der Waals surface area contributed by atoms with E-state index in [1.807, 2.05) is 6.07 Å². The van der Waals surface area contributed by atoms with Crippen LogP contribution in [0.3, 0.4) is 0 Å². The third-order valence-electron chi connectivity index (χ3n) is 7.33. The quantitative estimate of drug-likeness (QED) is 0.283. The summed E-state index contributed by atoms with van der Waals surface area (Å²) in [5.41, 5.74) is 3.27. The average Bonchev–Trinajstić information content (AvgIpc) is 3.57. The van der Waals surface area contributed by atoms with Crippen molar-refractivity contribution in [3.8, 4) is 6.07 Å². The highest BCUT2D eigenvalue weighted by Gasteiger charge is 2.46. The van der Waals surface area contributed by atoms with E-state index in [1.54, 1.807) is 35.6 Å². The minimum Gasteiger partial charge on any atom is -0.348 e. The van der Waals surface area contributed by atoms with Crippen molar-refractivity contribution in [1.29, 1.82) is 5.26 Å². The number of nitrogens with zero attached hydrogens (tertiary/aromatic N) is 1. The van der Waals surface area contributed by atoms with Gasteiger partial charge in [-0.2, -0.15) is 5.26 Å². The maximum absolute atomic E-state index is 13.4. The maximum atomic E-state index is 13.4. The Kier molecular flexibility index (Phi) is 7.37. The van der Waals surface area contributed by atoms with Gasteiger partial charge in [-0.1, -0.05) is 30.7 Å². The van der Waals surface area contributed by atoms with Crippen LogP contribution < -0.4 is 10.5 Å². The number of aryl methyl sites for hydroxylation is 2. The zero-order chi connectivity index (χ0) is 26.0. The first-order chi connectivity index (χ1) is 17.7. The molecule has 2 aliphatic rings. The molecule has 1 fully saturated rings. The van der Waals surface area contributed by atoms with Crippen LogP contribution in [0.1, 0.15) is 52.8 Å². The number of hydrogen-bond donors (Lipinski definition) is 2. The number of thiophene rings is 1. The Labute approximate surface area is 221 Å². The molecule has 3 N–H and O–H groups in total. The summed E-state index contributed by atoms with van der Waals surface area (Å²) in [5.74, 6) is 0.428. The zero-order valence-electron chi connectivity index (χ0n) is 20.5. The van der Waals surface area contributed by atoms with Crippen molar-refractivity contribution < 1.29 is 17.5 Å². The first-order valence-corrected chi connectivity index (χ1v) is 14.9. The number of nitrogens with two attached hydrogens (primary N) is 1. The maximum Gasteiger partial charge on any atom is 0.238 e. The minimum atomic E-state index is -3.73. The average molecular weight is 540 g/mol. The number of hydrogen-bond acceptors (Lipinski definition) is 6. The van der Waals surface area contributed by atoms with Gasteiger partial charge in [-0.3, -0.25) is 0 Å². The van der Waals surface area contributed by atoms with Crippen LogP contribution in [0.4, 0.5) is 9.39 Å². The van der Waals surface area contributed by atoms with Crippen LogP contribution in [0.5, 0.6) is 0 Å². The highest BCUT2D eigenvalue weighted by Crippen LogP contribution is 2.42. The fraction of sp³-hybridized carbons (Fsp3) is 0.393. The Morgan fingerprint density at radius 3 is 2.59 bits per heavy atom. The normalized spacial score (nSPS) is 21.1. The van der Waals surface area contributed by atoms with E-state index in [9.17, 15) is 18.1 Å². The number of fused-ring (bicyclic) bond motifs is 1. The van der Waals surface area contributed by atoms with Crippen molar-refractivity contribution in [3.63, 3.8) is 0 Å². The number of benzene rings is 2. The minimum absolute atomic E-state index is 0.0796. The lowest BCUT2D eigenvalue weighted by molar-refractivity contribution is 0.331. The summed E-state index contributed by atoms with van der Waals surface area (Å²) in [6.07, 6.45) is 7.60. The second-order valence-electron chi connectivity index (χ2n) is 10.1. The monoisotopic (exact) mass is 539 g/mol. The van der Waals surface area contributed by atoms with Gasteiger partial charge in [0.1, 0.15) is 16.9 Å². The van der Waals surface area contributed by atoms with E-state index in [2.05, 4.69) is 11.4 Å². The van der Waals surface area contributed by atoms with Gasteiger partial charge in [-0.25, -0.2) is 17.9 Å². The number of halogens is 1. The van der Waals surface area contributed by atoms with Gasteiger partial charge in [0.2, 0.25) is 10.0 Å². The molecule has 0 spiro atoms. The Balaban J connectivity index is 1.20. The molecule has 0 saturated carbocycles. The number of primary sulfonamides is 1. The van der Waals surface area contributed by atoms with Gasteiger partial charge in [0, 0.05) is 11.3 Å². The van der Waals surface area contributed by atoms with Crippen molar-refractivity contribution in [2.24, 2.45) is 11.1 Å². The summed E-state index contributed by atoms with van der Waals surface area (Å²) < 4.78 is 42.2. The highest BCUT2D eigenvalue weighted by molar-refractivity contribution is 7.89.